The van der Waals surface area contributed by atoms with Gasteiger partial charge in [0.1, 0.15) is 5.78 Å². The fraction of sp³-hybridized carbons (Fsp3) is 0.929. The van der Waals surface area contributed by atoms with Crippen molar-refractivity contribution in [1.82, 2.24) is 9.62 Å². The van der Waals surface area contributed by atoms with Crippen molar-refractivity contribution in [2.45, 2.75) is 33.1 Å². The van der Waals surface area contributed by atoms with Gasteiger partial charge in [-0.3, -0.25) is 4.79 Å². The summed E-state index contributed by atoms with van der Waals surface area (Å²) in [7, 11) is -3.34. The fourth-order valence-electron chi connectivity index (χ4n) is 4.43. The van der Waals surface area contributed by atoms with Crippen LogP contribution in [0.3, 0.4) is 0 Å². The average Bonchev–Trinajstić information content (AvgIpc) is 2.73. The third kappa shape index (κ3) is 1.88. The first-order valence-electron chi connectivity index (χ1n) is 7.51. The number of Topliss-reactive ketones (excluding diaryl/α,β-unsaturated/α-hetero) is 1. The van der Waals surface area contributed by atoms with E-state index in [1.807, 2.05) is 0 Å². The molecule has 3 aliphatic rings. The molecule has 2 atom stereocenters. The highest BCUT2D eigenvalue weighted by atomic mass is 32.2. The van der Waals surface area contributed by atoms with Crippen LogP contribution in [-0.2, 0) is 14.8 Å². The Balaban J connectivity index is 1.88. The summed E-state index contributed by atoms with van der Waals surface area (Å²) in [6, 6.07) is 0. The van der Waals surface area contributed by atoms with Crippen LogP contribution in [0.1, 0.15) is 33.1 Å². The Kier molecular flexibility index (Phi) is 3.27. The van der Waals surface area contributed by atoms with E-state index in [9.17, 15) is 13.2 Å². The van der Waals surface area contributed by atoms with Crippen molar-refractivity contribution < 1.29 is 13.2 Å². The molecule has 0 radical (unpaired) electrons. The minimum absolute atomic E-state index is 0.0162. The van der Waals surface area contributed by atoms with Gasteiger partial charge in [0.25, 0.3) is 0 Å². The van der Waals surface area contributed by atoms with Gasteiger partial charge in [0.05, 0.1) is 5.75 Å². The largest absolute Gasteiger partial charge is 0.314 e. The van der Waals surface area contributed by atoms with Crippen molar-refractivity contribution in [2.24, 2.45) is 16.7 Å². The Bertz CT molecular complexity index is 523. The molecule has 6 heteroatoms. The lowest BCUT2D eigenvalue weighted by atomic mass is 9.70. The molecule has 2 unspecified atom stereocenters. The van der Waals surface area contributed by atoms with Crippen LogP contribution in [0.4, 0.5) is 0 Å². The molecule has 0 aromatic carbocycles. The average molecular weight is 300 g/mol. The second-order valence-electron chi connectivity index (χ2n) is 7.07. The van der Waals surface area contributed by atoms with Crippen LogP contribution in [0.15, 0.2) is 0 Å². The summed E-state index contributed by atoms with van der Waals surface area (Å²) in [6.07, 6.45) is 2.31. The Morgan fingerprint density at radius 3 is 2.45 bits per heavy atom. The van der Waals surface area contributed by atoms with E-state index in [1.165, 1.54) is 0 Å². The molecule has 1 heterocycles. The number of hydrogen-bond donors (Lipinski definition) is 1. The van der Waals surface area contributed by atoms with Crippen LogP contribution in [0.5, 0.6) is 0 Å². The van der Waals surface area contributed by atoms with E-state index >= 15 is 0 Å². The van der Waals surface area contributed by atoms with Gasteiger partial charge in [-0.05, 0) is 24.2 Å². The Morgan fingerprint density at radius 2 is 1.95 bits per heavy atom. The molecule has 5 nitrogen and oxygen atoms in total. The molecule has 0 spiro atoms. The first-order chi connectivity index (χ1) is 9.30. The van der Waals surface area contributed by atoms with E-state index in [2.05, 4.69) is 19.2 Å². The van der Waals surface area contributed by atoms with Gasteiger partial charge in [-0.2, -0.15) is 4.31 Å². The first-order valence-corrected chi connectivity index (χ1v) is 9.12. The number of hydrogen-bond acceptors (Lipinski definition) is 4. The van der Waals surface area contributed by atoms with E-state index in [4.69, 9.17) is 0 Å². The highest BCUT2D eigenvalue weighted by Crippen LogP contribution is 2.64. The monoisotopic (exact) mass is 300 g/mol. The molecule has 20 heavy (non-hydrogen) atoms. The zero-order valence-corrected chi connectivity index (χ0v) is 13.1. The predicted octanol–water partition coefficient (Wildman–Crippen LogP) is 0.617. The van der Waals surface area contributed by atoms with Crippen molar-refractivity contribution in [3.63, 3.8) is 0 Å². The summed E-state index contributed by atoms with van der Waals surface area (Å²) in [4.78, 5) is 12.4. The van der Waals surface area contributed by atoms with Crippen LogP contribution in [0, 0.1) is 16.7 Å². The number of nitrogens with zero attached hydrogens (tertiary/aromatic N) is 1. The van der Waals surface area contributed by atoms with Crippen LogP contribution in [-0.4, -0.2) is 50.4 Å². The van der Waals surface area contributed by atoms with E-state index < -0.39 is 15.4 Å². The quantitative estimate of drug-likeness (QED) is 0.829. The minimum atomic E-state index is -3.34. The van der Waals surface area contributed by atoms with Gasteiger partial charge in [0.15, 0.2) is 0 Å². The molecule has 2 bridgehead atoms. The summed E-state index contributed by atoms with van der Waals surface area (Å²) in [6.45, 7) is 6.62. The van der Waals surface area contributed by atoms with Gasteiger partial charge in [0, 0.05) is 38.0 Å². The normalized spacial score (nSPS) is 37.5. The smallest absolute Gasteiger partial charge is 0.215 e. The Hall–Kier alpha value is -0.460. The Morgan fingerprint density at radius 1 is 1.30 bits per heavy atom. The van der Waals surface area contributed by atoms with Crippen LogP contribution >= 0.6 is 0 Å². The topological polar surface area (TPSA) is 66.5 Å². The van der Waals surface area contributed by atoms with Crippen molar-refractivity contribution >= 4 is 15.8 Å². The number of piperazine rings is 1. The lowest BCUT2D eigenvalue weighted by Gasteiger charge is -2.38. The first kappa shape index (κ1) is 14.5. The maximum atomic E-state index is 12.7. The zero-order chi connectivity index (χ0) is 14.6. The molecule has 114 valence electrons. The predicted molar refractivity (Wildman–Crippen MR) is 76.8 cm³/mol. The SMILES string of the molecule is CC1(C)C2CCC1(CS(=O)(=O)N1CCNCC1)C(=O)C2. The standard InChI is InChI=1S/C14H24N2O3S/c1-13(2)11-3-4-14(13,12(17)9-11)10-20(18,19)16-7-5-15-6-8-16/h11,15H,3-10H2,1-2H3. The van der Waals surface area contributed by atoms with E-state index in [-0.39, 0.29) is 17.0 Å². The molecule has 1 saturated heterocycles. The lowest BCUT2D eigenvalue weighted by molar-refractivity contribution is -0.128. The maximum absolute atomic E-state index is 12.7. The summed E-state index contributed by atoms with van der Waals surface area (Å²) < 4.78 is 27.0. The van der Waals surface area contributed by atoms with Gasteiger partial charge >= 0.3 is 0 Å². The summed E-state index contributed by atoms with van der Waals surface area (Å²) in [5.41, 5.74) is -0.813. The third-order valence-corrected chi connectivity index (χ3v) is 8.05. The van der Waals surface area contributed by atoms with Gasteiger partial charge in [0.2, 0.25) is 10.0 Å². The van der Waals surface area contributed by atoms with Crippen molar-refractivity contribution in [1.29, 1.82) is 0 Å². The molecular weight excluding hydrogens is 276 g/mol. The summed E-state index contributed by atoms with van der Waals surface area (Å²) in [5, 5.41) is 3.16. The number of rotatable bonds is 3. The summed E-state index contributed by atoms with van der Waals surface area (Å²) >= 11 is 0. The highest BCUT2D eigenvalue weighted by Gasteiger charge is 2.65. The number of carbonyl (C=O) groups excluding carboxylic acids is 1. The van der Waals surface area contributed by atoms with E-state index in [1.54, 1.807) is 4.31 Å². The fourth-order valence-corrected chi connectivity index (χ4v) is 6.65. The lowest BCUT2D eigenvalue weighted by Crippen LogP contribution is -2.51. The molecule has 0 amide bonds. The molecule has 3 rings (SSSR count). The van der Waals surface area contributed by atoms with Crippen molar-refractivity contribution in [2.75, 3.05) is 31.9 Å². The second kappa shape index (κ2) is 4.52. The third-order valence-electron chi connectivity index (χ3n) is 6.04. The number of nitrogens with one attached hydrogen (secondary N) is 1. The van der Waals surface area contributed by atoms with Gasteiger partial charge in [-0.25, -0.2) is 8.42 Å². The number of sulfonamides is 1. The maximum Gasteiger partial charge on any atom is 0.215 e. The van der Waals surface area contributed by atoms with Gasteiger partial charge in [-0.15, -0.1) is 0 Å². The molecular formula is C14H24N2O3S. The number of fused-ring (bicyclic) bond motifs is 2. The van der Waals surface area contributed by atoms with E-state index in [0.717, 1.165) is 12.8 Å². The Labute approximate surface area is 121 Å². The van der Waals surface area contributed by atoms with Crippen LogP contribution < -0.4 is 5.32 Å². The van der Waals surface area contributed by atoms with Gasteiger partial charge < -0.3 is 5.32 Å². The van der Waals surface area contributed by atoms with E-state index in [0.29, 0.717) is 38.5 Å². The molecule has 2 saturated carbocycles. The second-order valence-corrected chi connectivity index (χ2v) is 9.04. The molecule has 0 aromatic heterocycles. The summed E-state index contributed by atoms with van der Waals surface area (Å²) in [5.74, 6) is 0.563. The van der Waals surface area contributed by atoms with Crippen molar-refractivity contribution in [3.8, 4) is 0 Å². The highest BCUT2D eigenvalue weighted by molar-refractivity contribution is 7.89. The molecule has 2 aliphatic carbocycles. The van der Waals surface area contributed by atoms with Crippen molar-refractivity contribution in [3.05, 3.63) is 0 Å². The molecule has 1 N–H and O–H groups in total. The molecule has 1 aliphatic heterocycles. The molecule has 3 fully saturated rings. The van der Waals surface area contributed by atoms with Crippen LogP contribution in [0.25, 0.3) is 0 Å². The van der Waals surface area contributed by atoms with Gasteiger partial charge in [-0.1, -0.05) is 13.8 Å². The number of ketones is 1. The zero-order valence-electron chi connectivity index (χ0n) is 12.3. The minimum Gasteiger partial charge on any atom is -0.314 e. The molecule has 0 aromatic rings. The van der Waals surface area contributed by atoms with Crippen LogP contribution in [0.2, 0.25) is 0 Å². The number of carbonyl (C=O) groups is 1.